The maximum Gasteiger partial charge on any atom is 0.220 e. The van der Waals surface area contributed by atoms with Gasteiger partial charge in [-0.25, -0.2) is 0 Å². The van der Waals surface area contributed by atoms with Crippen molar-refractivity contribution in [2.45, 2.75) is 45.2 Å². The average molecular weight is 264 g/mol. The summed E-state index contributed by atoms with van der Waals surface area (Å²) < 4.78 is 5.29. The van der Waals surface area contributed by atoms with E-state index in [4.69, 9.17) is 10.5 Å². The first kappa shape index (κ1) is 15.5. The average Bonchev–Trinajstić information content (AvgIpc) is 2.35. The van der Waals surface area contributed by atoms with Gasteiger partial charge in [0.25, 0.3) is 0 Å². The van der Waals surface area contributed by atoms with Gasteiger partial charge in [-0.3, -0.25) is 4.79 Å². The van der Waals surface area contributed by atoms with E-state index in [1.165, 1.54) is 0 Å². The molecule has 106 valence electrons. The highest BCUT2D eigenvalue weighted by Crippen LogP contribution is 2.24. The van der Waals surface area contributed by atoms with E-state index >= 15 is 0 Å². The van der Waals surface area contributed by atoms with Crippen molar-refractivity contribution in [3.8, 4) is 5.75 Å². The predicted molar refractivity (Wildman–Crippen MR) is 77.1 cm³/mol. The van der Waals surface area contributed by atoms with Crippen molar-refractivity contribution in [2.24, 2.45) is 5.73 Å². The Morgan fingerprint density at radius 1 is 1.42 bits per heavy atom. The Hall–Kier alpha value is -1.55. The Morgan fingerprint density at radius 2 is 2.05 bits per heavy atom. The summed E-state index contributed by atoms with van der Waals surface area (Å²) in [5, 5.41) is 2.97. The summed E-state index contributed by atoms with van der Waals surface area (Å²) in [6, 6.07) is 7.61. The number of methoxy groups -OCH3 is 1. The Morgan fingerprint density at radius 3 is 2.63 bits per heavy atom. The molecule has 0 radical (unpaired) electrons. The van der Waals surface area contributed by atoms with Crippen LogP contribution >= 0.6 is 0 Å². The zero-order valence-electron chi connectivity index (χ0n) is 12.2. The van der Waals surface area contributed by atoms with Gasteiger partial charge >= 0.3 is 0 Å². The minimum absolute atomic E-state index is 0.0110. The van der Waals surface area contributed by atoms with E-state index in [2.05, 4.69) is 5.32 Å². The standard InChI is InChI=1S/C15H24N2O2/c1-11(12-7-5-6-8-13(12)19-4)17-14(18)9-10-15(2,3)16/h5-8,11H,9-10,16H2,1-4H3,(H,17,18). The van der Waals surface area contributed by atoms with Gasteiger partial charge in [0.15, 0.2) is 0 Å². The molecule has 4 heteroatoms. The van der Waals surface area contributed by atoms with Gasteiger partial charge in [0.2, 0.25) is 5.91 Å². The summed E-state index contributed by atoms with van der Waals surface area (Å²) in [5.41, 5.74) is 6.53. The second-order valence-corrected chi connectivity index (χ2v) is 5.52. The number of para-hydroxylation sites is 1. The number of rotatable bonds is 6. The number of carbonyl (C=O) groups excluding carboxylic acids is 1. The molecule has 1 unspecified atom stereocenters. The predicted octanol–water partition coefficient (Wildman–Crippen LogP) is 2.39. The van der Waals surface area contributed by atoms with E-state index in [1.54, 1.807) is 7.11 Å². The quantitative estimate of drug-likeness (QED) is 0.829. The van der Waals surface area contributed by atoms with Gasteiger partial charge in [0, 0.05) is 17.5 Å². The topological polar surface area (TPSA) is 64.3 Å². The third-order valence-electron chi connectivity index (χ3n) is 2.98. The molecule has 0 saturated carbocycles. The minimum atomic E-state index is -0.314. The van der Waals surface area contributed by atoms with Crippen molar-refractivity contribution in [1.29, 1.82) is 0 Å². The third-order valence-corrected chi connectivity index (χ3v) is 2.98. The van der Waals surface area contributed by atoms with Crippen molar-refractivity contribution in [1.82, 2.24) is 5.32 Å². The van der Waals surface area contributed by atoms with Gasteiger partial charge in [0.1, 0.15) is 5.75 Å². The summed E-state index contributed by atoms with van der Waals surface area (Å²) in [7, 11) is 1.63. The molecule has 0 heterocycles. The molecule has 1 atom stereocenters. The molecule has 0 saturated heterocycles. The van der Waals surface area contributed by atoms with Gasteiger partial charge in [0.05, 0.1) is 13.2 Å². The number of hydrogen-bond donors (Lipinski definition) is 2. The van der Waals surface area contributed by atoms with Crippen LogP contribution in [0.5, 0.6) is 5.75 Å². The fourth-order valence-electron chi connectivity index (χ4n) is 1.85. The van der Waals surface area contributed by atoms with Crippen LogP contribution in [0.4, 0.5) is 0 Å². The first-order valence-electron chi connectivity index (χ1n) is 6.54. The van der Waals surface area contributed by atoms with Gasteiger partial charge < -0.3 is 15.8 Å². The molecule has 3 N–H and O–H groups in total. The van der Waals surface area contributed by atoms with E-state index in [0.717, 1.165) is 11.3 Å². The summed E-state index contributed by atoms with van der Waals surface area (Å²) in [4.78, 5) is 11.9. The molecule has 19 heavy (non-hydrogen) atoms. The first-order chi connectivity index (χ1) is 8.83. The van der Waals surface area contributed by atoms with Crippen molar-refractivity contribution in [2.75, 3.05) is 7.11 Å². The fourth-order valence-corrected chi connectivity index (χ4v) is 1.85. The number of carbonyl (C=O) groups is 1. The van der Waals surface area contributed by atoms with Gasteiger partial charge in [-0.2, -0.15) is 0 Å². The maximum atomic E-state index is 11.9. The Bertz CT molecular complexity index is 424. The van der Waals surface area contributed by atoms with Crippen LogP contribution in [0.3, 0.4) is 0 Å². The van der Waals surface area contributed by atoms with E-state index in [1.807, 2.05) is 45.0 Å². The summed E-state index contributed by atoms with van der Waals surface area (Å²) in [5.74, 6) is 0.798. The highest BCUT2D eigenvalue weighted by atomic mass is 16.5. The lowest BCUT2D eigenvalue weighted by Gasteiger charge is -2.20. The molecule has 1 rings (SSSR count). The largest absolute Gasteiger partial charge is 0.496 e. The molecule has 0 bridgehead atoms. The molecule has 1 aromatic rings. The zero-order valence-corrected chi connectivity index (χ0v) is 12.2. The van der Waals surface area contributed by atoms with Crippen molar-refractivity contribution >= 4 is 5.91 Å². The molecular weight excluding hydrogens is 240 g/mol. The van der Waals surface area contributed by atoms with Crippen LogP contribution in [-0.2, 0) is 4.79 Å². The fraction of sp³-hybridized carbons (Fsp3) is 0.533. The molecule has 0 spiro atoms. The second kappa shape index (κ2) is 6.57. The molecule has 0 aliphatic heterocycles. The highest BCUT2D eigenvalue weighted by Gasteiger charge is 2.16. The van der Waals surface area contributed by atoms with Crippen molar-refractivity contribution in [3.05, 3.63) is 29.8 Å². The van der Waals surface area contributed by atoms with Gasteiger partial charge in [-0.05, 0) is 33.3 Å². The molecule has 4 nitrogen and oxygen atoms in total. The lowest BCUT2D eigenvalue weighted by Crippen LogP contribution is -2.35. The first-order valence-corrected chi connectivity index (χ1v) is 6.54. The monoisotopic (exact) mass is 264 g/mol. The van der Waals surface area contributed by atoms with Crippen molar-refractivity contribution in [3.63, 3.8) is 0 Å². The number of hydrogen-bond acceptors (Lipinski definition) is 3. The molecule has 1 amide bonds. The number of nitrogens with one attached hydrogen (secondary N) is 1. The Kier molecular flexibility index (Phi) is 5.36. The summed E-state index contributed by atoms with van der Waals surface area (Å²) in [6.45, 7) is 5.79. The van der Waals surface area contributed by atoms with E-state index in [-0.39, 0.29) is 17.5 Å². The molecule has 1 aromatic carbocycles. The van der Waals surface area contributed by atoms with E-state index in [9.17, 15) is 4.79 Å². The highest BCUT2D eigenvalue weighted by molar-refractivity contribution is 5.76. The molecule has 0 aliphatic carbocycles. The van der Waals surface area contributed by atoms with Crippen molar-refractivity contribution < 1.29 is 9.53 Å². The lowest BCUT2D eigenvalue weighted by atomic mass is 9.99. The normalized spacial score (nSPS) is 12.9. The van der Waals surface area contributed by atoms with Crippen LogP contribution in [0, 0.1) is 0 Å². The SMILES string of the molecule is COc1ccccc1C(C)NC(=O)CCC(C)(C)N. The second-order valence-electron chi connectivity index (χ2n) is 5.52. The van der Waals surface area contributed by atoms with E-state index < -0.39 is 0 Å². The smallest absolute Gasteiger partial charge is 0.220 e. The van der Waals surface area contributed by atoms with Crippen LogP contribution in [-0.4, -0.2) is 18.6 Å². The van der Waals surface area contributed by atoms with Crippen LogP contribution in [0.1, 0.15) is 45.2 Å². The van der Waals surface area contributed by atoms with E-state index in [0.29, 0.717) is 12.8 Å². The third kappa shape index (κ3) is 5.30. The molecule has 0 fully saturated rings. The lowest BCUT2D eigenvalue weighted by molar-refractivity contribution is -0.122. The molecule has 0 aromatic heterocycles. The van der Waals surface area contributed by atoms with Gasteiger partial charge in [-0.15, -0.1) is 0 Å². The van der Waals surface area contributed by atoms with Crippen LogP contribution in [0.2, 0.25) is 0 Å². The molecule has 0 aliphatic rings. The Balaban J connectivity index is 2.59. The number of nitrogens with two attached hydrogens (primary N) is 1. The Labute approximate surface area is 115 Å². The van der Waals surface area contributed by atoms with Crippen LogP contribution in [0.25, 0.3) is 0 Å². The number of amides is 1. The van der Waals surface area contributed by atoms with Crippen LogP contribution in [0.15, 0.2) is 24.3 Å². The minimum Gasteiger partial charge on any atom is -0.496 e. The maximum absolute atomic E-state index is 11.9. The molecular formula is C15H24N2O2. The van der Waals surface area contributed by atoms with Crippen LogP contribution < -0.4 is 15.8 Å². The zero-order chi connectivity index (χ0) is 14.5. The van der Waals surface area contributed by atoms with Gasteiger partial charge in [-0.1, -0.05) is 18.2 Å². The summed E-state index contributed by atoms with van der Waals surface area (Å²) in [6.07, 6.45) is 1.10. The summed E-state index contributed by atoms with van der Waals surface area (Å²) >= 11 is 0. The number of benzene rings is 1. The number of ether oxygens (including phenoxy) is 1.